The van der Waals surface area contributed by atoms with Crippen molar-refractivity contribution >= 4 is 17.1 Å². The summed E-state index contributed by atoms with van der Waals surface area (Å²) in [5, 5.41) is 9.27. The van der Waals surface area contributed by atoms with Crippen LogP contribution in [0.2, 0.25) is 0 Å². The van der Waals surface area contributed by atoms with E-state index >= 15 is 0 Å². The SMILES string of the molecule is Nc1nc(CC2CC2)c2ncn([C@@H]3C=C[C@@H](CO)C3)c2n1. The van der Waals surface area contributed by atoms with Gasteiger partial charge in [-0.25, -0.2) is 9.97 Å². The largest absolute Gasteiger partial charge is 0.396 e. The van der Waals surface area contributed by atoms with Crippen molar-refractivity contribution in [2.45, 2.75) is 31.7 Å². The van der Waals surface area contributed by atoms with Gasteiger partial charge in [0, 0.05) is 12.5 Å². The standard InChI is InChI=1S/C15H19N5O/c16-15-18-12(6-9-1-2-9)13-14(19-15)20(8-17-13)11-4-3-10(5-11)7-21/h3-4,8-11,21H,1-2,5-7H2,(H2,16,18,19)/t10-,11-/m1/s1. The van der Waals surface area contributed by atoms with Gasteiger partial charge in [-0.05, 0) is 31.6 Å². The molecule has 2 aromatic heterocycles. The fraction of sp³-hybridized carbons (Fsp3) is 0.533. The van der Waals surface area contributed by atoms with Gasteiger partial charge in [-0.2, -0.15) is 4.98 Å². The number of aromatic nitrogens is 4. The van der Waals surface area contributed by atoms with Gasteiger partial charge < -0.3 is 15.4 Å². The lowest BCUT2D eigenvalue weighted by molar-refractivity contribution is 0.244. The van der Waals surface area contributed by atoms with Crippen LogP contribution in [0.4, 0.5) is 5.95 Å². The molecule has 0 aromatic carbocycles. The molecule has 3 N–H and O–H groups in total. The number of nitrogens with two attached hydrogens (primary N) is 1. The van der Waals surface area contributed by atoms with E-state index in [1.165, 1.54) is 12.8 Å². The molecular formula is C15H19N5O. The summed E-state index contributed by atoms with van der Waals surface area (Å²) in [5.74, 6) is 1.27. The summed E-state index contributed by atoms with van der Waals surface area (Å²) in [6.07, 6.45) is 10.4. The van der Waals surface area contributed by atoms with Crippen molar-refractivity contribution in [3.8, 4) is 0 Å². The van der Waals surface area contributed by atoms with Crippen molar-refractivity contribution in [1.82, 2.24) is 19.5 Å². The highest BCUT2D eigenvalue weighted by Gasteiger charge is 2.26. The Balaban J connectivity index is 1.73. The lowest BCUT2D eigenvalue weighted by atomic mass is 10.1. The molecule has 0 aliphatic heterocycles. The molecule has 4 rings (SSSR count). The zero-order valence-electron chi connectivity index (χ0n) is 11.8. The molecule has 2 heterocycles. The lowest BCUT2D eigenvalue weighted by Crippen LogP contribution is -2.09. The van der Waals surface area contributed by atoms with Crippen LogP contribution in [0, 0.1) is 11.8 Å². The van der Waals surface area contributed by atoms with Gasteiger partial charge in [-0.1, -0.05) is 12.2 Å². The Kier molecular flexibility index (Phi) is 2.92. The van der Waals surface area contributed by atoms with E-state index in [1.807, 2.05) is 6.33 Å². The van der Waals surface area contributed by atoms with Gasteiger partial charge in [-0.3, -0.25) is 0 Å². The first-order valence-electron chi connectivity index (χ1n) is 7.52. The maximum absolute atomic E-state index is 9.27. The van der Waals surface area contributed by atoms with Gasteiger partial charge >= 0.3 is 0 Å². The maximum atomic E-state index is 9.27. The van der Waals surface area contributed by atoms with Gasteiger partial charge in [0.2, 0.25) is 5.95 Å². The minimum Gasteiger partial charge on any atom is -0.396 e. The number of nitrogens with zero attached hydrogens (tertiary/aromatic N) is 4. The monoisotopic (exact) mass is 285 g/mol. The smallest absolute Gasteiger partial charge is 0.222 e. The van der Waals surface area contributed by atoms with Gasteiger partial charge in [0.25, 0.3) is 0 Å². The predicted molar refractivity (Wildman–Crippen MR) is 79.5 cm³/mol. The summed E-state index contributed by atoms with van der Waals surface area (Å²) >= 11 is 0. The van der Waals surface area contributed by atoms with Gasteiger partial charge in [0.05, 0.1) is 18.1 Å². The molecule has 110 valence electrons. The van der Waals surface area contributed by atoms with E-state index < -0.39 is 0 Å². The average molecular weight is 285 g/mol. The predicted octanol–water partition coefficient (Wildman–Crippen LogP) is 1.47. The zero-order valence-corrected chi connectivity index (χ0v) is 11.8. The van der Waals surface area contributed by atoms with Crippen molar-refractivity contribution in [1.29, 1.82) is 0 Å². The van der Waals surface area contributed by atoms with E-state index in [0.717, 1.165) is 35.6 Å². The Labute approximate surface area is 122 Å². The lowest BCUT2D eigenvalue weighted by Gasteiger charge is -2.13. The molecule has 1 fully saturated rings. The Morgan fingerprint density at radius 2 is 2.14 bits per heavy atom. The minimum absolute atomic E-state index is 0.184. The van der Waals surface area contributed by atoms with E-state index in [9.17, 15) is 5.11 Å². The van der Waals surface area contributed by atoms with Crippen molar-refractivity contribution in [2.24, 2.45) is 11.8 Å². The molecule has 6 heteroatoms. The Bertz CT molecular complexity index is 703. The molecule has 6 nitrogen and oxygen atoms in total. The molecule has 0 saturated heterocycles. The molecule has 21 heavy (non-hydrogen) atoms. The molecule has 0 spiro atoms. The summed E-state index contributed by atoms with van der Waals surface area (Å²) in [6, 6.07) is 0.190. The van der Waals surface area contributed by atoms with Gasteiger partial charge in [0.15, 0.2) is 5.65 Å². The molecule has 2 aromatic rings. The van der Waals surface area contributed by atoms with Crippen LogP contribution in [0.3, 0.4) is 0 Å². The molecule has 0 bridgehead atoms. The highest BCUT2D eigenvalue weighted by atomic mass is 16.3. The molecule has 2 aliphatic carbocycles. The first-order chi connectivity index (χ1) is 10.2. The number of aliphatic hydroxyl groups excluding tert-OH is 1. The number of fused-ring (bicyclic) bond motifs is 1. The number of rotatable bonds is 4. The number of hydrogen-bond acceptors (Lipinski definition) is 5. The second kappa shape index (κ2) is 4.80. The van der Waals surface area contributed by atoms with E-state index in [0.29, 0.717) is 5.95 Å². The zero-order chi connectivity index (χ0) is 14.4. The van der Waals surface area contributed by atoms with E-state index in [4.69, 9.17) is 5.73 Å². The summed E-state index contributed by atoms with van der Waals surface area (Å²) in [5.41, 5.74) is 8.54. The van der Waals surface area contributed by atoms with Crippen molar-refractivity contribution < 1.29 is 5.11 Å². The van der Waals surface area contributed by atoms with Crippen LogP contribution in [0.1, 0.15) is 31.0 Å². The second-order valence-corrected chi connectivity index (χ2v) is 6.13. The summed E-state index contributed by atoms with van der Waals surface area (Å²) < 4.78 is 2.05. The maximum Gasteiger partial charge on any atom is 0.222 e. The number of aliphatic hydroxyl groups is 1. The van der Waals surface area contributed by atoms with Crippen LogP contribution < -0.4 is 5.73 Å². The Hall–Kier alpha value is -1.95. The molecule has 0 amide bonds. The molecule has 1 saturated carbocycles. The normalized spacial score (nSPS) is 25.0. The molecule has 2 aliphatic rings. The van der Waals surface area contributed by atoms with Crippen molar-refractivity contribution in [3.63, 3.8) is 0 Å². The Morgan fingerprint density at radius 1 is 1.29 bits per heavy atom. The van der Waals surface area contributed by atoms with Crippen LogP contribution in [-0.2, 0) is 6.42 Å². The number of allylic oxidation sites excluding steroid dienone is 1. The summed E-state index contributed by atoms with van der Waals surface area (Å²) in [7, 11) is 0. The molecular weight excluding hydrogens is 266 g/mol. The third-order valence-corrected chi connectivity index (χ3v) is 4.43. The van der Waals surface area contributed by atoms with E-state index in [2.05, 4.69) is 31.7 Å². The Morgan fingerprint density at radius 3 is 2.86 bits per heavy atom. The third-order valence-electron chi connectivity index (χ3n) is 4.43. The topological polar surface area (TPSA) is 89.8 Å². The summed E-state index contributed by atoms with van der Waals surface area (Å²) in [6.45, 7) is 0.184. The fourth-order valence-electron chi connectivity index (χ4n) is 3.07. The molecule has 0 radical (unpaired) electrons. The van der Waals surface area contributed by atoms with Crippen molar-refractivity contribution in [2.75, 3.05) is 12.3 Å². The highest BCUT2D eigenvalue weighted by molar-refractivity contribution is 5.75. The first-order valence-corrected chi connectivity index (χ1v) is 7.52. The third kappa shape index (κ3) is 2.29. The van der Waals surface area contributed by atoms with E-state index in [1.54, 1.807) is 0 Å². The van der Waals surface area contributed by atoms with Gasteiger partial charge in [-0.15, -0.1) is 0 Å². The number of anilines is 1. The average Bonchev–Trinajstić information content (AvgIpc) is 3.01. The second-order valence-electron chi connectivity index (χ2n) is 6.13. The fourth-order valence-corrected chi connectivity index (χ4v) is 3.07. The summed E-state index contributed by atoms with van der Waals surface area (Å²) in [4.78, 5) is 13.3. The number of hydrogen-bond donors (Lipinski definition) is 2. The van der Waals surface area contributed by atoms with Crippen LogP contribution in [0.5, 0.6) is 0 Å². The quantitative estimate of drug-likeness (QED) is 0.830. The van der Waals surface area contributed by atoms with Crippen molar-refractivity contribution in [3.05, 3.63) is 24.2 Å². The molecule has 0 unspecified atom stereocenters. The molecule has 2 atom stereocenters. The highest BCUT2D eigenvalue weighted by Crippen LogP contribution is 2.35. The first kappa shape index (κ1) is 12.8. The minimum atomic E-state index is 0.184. The number of nitrogen functional groups attached to an aromatic ring is 1. The van der Waals surface area contributed by atoms with E-state index in [-0.39, 0.29) is 18.6 Å². The van der Waals surface area contributed by atoms with Crippen LogP contribution >= 0.6 is 0 Å². The van der Waals surface area contributed by atoms with Crippen LogP contribution in [0.15, 0.2) is 18.5 Å². The van der Waals surface area contributed by atoms with Crippen LogP contribution in [0.25, 0.3) is 11.2 Å². The number of imidazole rings is 1. The van der Waals surface area contributed by atoms with Crippen LogP contribution in [-0.4, -0.2) is 31.2 Å². The van der Waals surface area contributed by atoms with Gasteiger partial charge in [0.1, 0.15) is 5.52 Å².